The highest BCUT2D eigenvalue weighted by molar-refractivity contribution is 14.0. The first-order chi connectivity index (χ1) is 14.2. The summed E-state index contributed by atoms with van der Waals surface area (Å²) in [6.45, 7) is 5.43. The van der Waals surface area contributed by atoms with Crippen molar-refractivity contribution in [1.29, 1.82) is 0 Å². The summed E-state index contributed by atoms with van der Waals surface area (Å²) >= 11 is 0. The number of hydrogen-bond donors (Lipinski definition) is 2. The zero-order valence-electron chi connectivity index (χ0n) is 17.7. The van der Waals surface area contributed by atoms with Crippen LogP contribution in [0.4, 0.5) is 0 Å². The number of guanidine groups is 1. The second-order valence-corrected chi connectivity index (χ2v) is 7.69. The largest absolute Gasteiger partial charge is 0.486 e. The van der Waals surface area contributed by atoms with Crippen molar-refractivity contribution in [2.24, 2.45) is 12.0 Å². The fourth-order valence-corrected chi connectivity index (χ4v) is 4.20. The molecule has 0 bridgehead atoms. The van der Waals surface area contributed by atoms with Gasteiger partial charge in [-0.1, -0.05) is 18.9 Å². The maximum Gasteiger partial charge on any atom is 0.191 e. The molecule has 0 radical (unpaired) electrons. The fraction of sp³-hybridized carbons (Fsp3) is 0.571. The molecule has 164 valence electrons. The van der Waals surface area contributed by atoms with Crippen molar-refractivity contribution >= 4 is 29.9 Å². The number of fused-ring (bicyclic) bond motifs is 1. The van der Waals surface area contributed by atoms with Crippen LogP contribution < -0.4 is 20.1 Å². The Balaban J connectivity index is 0.00000256. The normalized spacial score (nSPS) is 17.3. The SMILES string of the molecule is CCNC(=NCc1ncnn1C)NCC1(c2ccc3c(c2)OCCO3)CCCC1.I. The van der Waals surface area contributed by atoms with Gasteiger partial charge in [0, 0.05) is 25.6 Å². The van der Waals surface area contributed by atoms with Crippen LogP contribution in [0.3, 0.4) is 0 Å². The van der Waals surface area contributed by atoms with Crippen LogP contribution in [-0.4, -0.2) is 47.0 Å². The van der Waals surface area contributed by atoms with Crippen LogP contribution in [0.15, 0.2) is 29.5 Å². The van der Waals surface area contributed by atoms with Crippen LogP contribution >= 0.6 is 24.0 Å². The van der Waals surface area contributed by atoms with Gasteiger partial charge in [0.25, 0.3) is 0 Å². The second-order valence-electron chi connectivity index (χ2n) is 7.69. The predicted octanol–water partition coefficient (Wildman–Crippen LogP) is 2.77. The van der Waals surface area contributed by atoms with E-state index >= 15 is 0 Å². The molecule has 2 heterocycles. The molecular weight excluding hydrogens is 495 g/mol. The Labute approximate surface area is 194 Å². The molecule has 1 fully saturated rings. The molecule has 30 heavy (non-hydrogen) atoms. The first kappa shape index (κ1) is 22.6. The van der Waals surface area contributed by atoms with Crippen molar-refractivity contribution in [2.75, 3.05) is 26.3 Å². The first-order valence-electron chi connectivity index (χ1n) is 10.5. The highest BCUT2D eigenvalue weighted by Gasteiger charge is 2.36. The standard InChI is InChI=1S/C21H30N6O2.HI/c1-3-22-20(23-13-19-25-15-26-27(19)2)24-14-21(8-4-5-9-21)16-6-7-17-18(12-16)29-11-10-28-17;/h6-7,12,15H,3-5,8-11,13-14H2,1-2H3,(H2,22,23,24);1H. The van der Waals surface area contributed by atoms with Crippen LogP contribution in [0.2, 0.25) is 0 Å². The van der Waals surface area contributed by atoms with E-state index in [0.717, 1.165) is 49.2 Å². The van der Waals surface area contributed by atoms with Gasteiger partial charge in [-0.3, -0.25) is 4.68 Å². The van der Waals surface area contributed by atoms with Gasteiger partial charge in [-0.2, -0.15) is 5.10 Å². The summed E-state index contributed by atoms with van der Waals surface area (Å²) in [5.74, 6) is 3.35. The van der Waals surface area contributed by atoms with Gasteiger partial charge in [-0.05, 0) is 37.5 Å². The molecule has 2 aliphatic rings. The van der Waals surface area contributed by atoms with E-state index in [0.29, 0.717) is 19.8 Å². The molecule has 2 N–H and O–H groups in total. The average molecular weight is 526 g/mol. The third kappa shape index (κ3) is 4.98. The lowest BCUT2D eigenvalue weighted by Gasteiger charge is -2.32. The van der Waals surface area contributed by atoms with Gasteiger partial charge in [-0.25, -0.2) is 9.98 Å². The van der Waals surface area contributed by atoms with Crippen LogP contribution in [0.5, 0.6) is 11.5 Å². The van der Waals surface area contributed by atoms with E-state index in [9.17, 15) is 0 Å². The highest BCUT2D eigenvalue weighted by atomic mass is 127. The molecule has 1 aromatic heterocycles. The summed E-state index contributed by atoms with van der Waals surface area (Å²) in [7, 11) is 1.88. The van der Waals surface area contributed by atoms with E-state index in [1.807, 2.05) is 7.05 Å². The zero-order valence-corrected chi connectivity index (χ0v) is 20.0. The molecule has 9 heteroatoms. The number of benzene rings is 1. The number of halogens is 1. The third-order valence-electron chi connectivity index (χ3n) is 5.84. The summed E-state index contributed by atoms with van der Waals surface area (Å²) < 4.78 is 13.3. The van der Waals surface area contributed by atoms with E-state index in [1.165, 1.54) is 18.4 Å². The Morgan fingerprint density at radius 1 is 1.17 bits per heavy atom. The zero-order chi connectivity index (χ0) is 20.1. The van der Waals surface area contributed by atoms with Crippen LogP contribution in [0, 0.1) is 0 Å². The minimum atomic E-state index is 0. The van der Waals surface area contributed by atoms with Gasteiger partial charge in [0.15, 0.2) is 17.5 Å². The van der Waals surface area contributed by atoms with E-state index in [2.05, 4.69) is 45.8 Å². The molecule has 1 saturated carbocycles. The Kier molecular flexibility index (Phi) is 7.79. The van der Waals surface area contributed by atoms with Crippen molar-refractivity contribution in [2.45, 2.75) is 44.6 Å². The van der Waals surface area contributed by atoms with E-state index in [1.54, 1.807) is 11.0 Å². The number of aryl methyl sites for hydroxylation is 1. The molecule has 8 nitrogen and oxygen atoms in total. The minimum absolute atomic E-state index is 0. The fourth-order valence-electron chi connectivity index (χ4n) is 4.20. The van der Waals surface area contributed by atoms with Gasteiger partial charge in [0.2, 0.25) is 0 Å². The van der Waals surface area contributed by atoms with E-state index in [4.69, 9.17) is 14.5 Å². The van der Waals surface area contributed by atoms with Crippen molar-refractivity contribution in [3.8, 4) is 11.5 Å². The molecule has 0 saturated heterocycles. The molecule has 1 aliphatic heterocycles. The summed E-state index contributed by atoms with van der Waals surface area (Å²) in [4.78, 5) is 8.95. The van der Waals surface area contributed by atoms with Crippen molar-refractivity contribution < 1.29 is 9.47 Å². The quantitative estimate of drug-likeness (QED) is 0.342. The highest BCUT2D eigenvalue weighted by Crippen LogP contribution is 2.43. The maximum atomic E-state index is 5.83. The average Bonchev–Trinajstić information content (AvgIpc) is 3.39. The number of nitrogens with zero attached hydrogens (tertiary/aromatic N) is 4. The lowest BCUT2D eigenvalue weighted by molar-refractivity contribution is 0.171. The number of nitrogens with one attached hydrogen (secondary N) is 2. The molecule has 0 unspecified atom stereocenters. The number of ether oxygens (including phenoxy) is 2. The monoisotopic (exact) mass is 526 g/mol. The van der Waals surface area contributed by atoms with Crippen molar-refractivity contribution in [3.63, 3.8) is 0 Å². The first-order valence-corrected chi connectivity index (χ1v) is 10.5. The Morgan fingerprint density at radius 3 is 2.63 bits per heavy atom. The molecule has 1 aliphatic carbocycles. The van der Waals surface area contributed by atoms with E-state index in [-0.39, 0.29) is 29.4 Å². The second kappa shape index (κ2) is 10.3. The summed E-state index contributed by atoms with van der Waals surface area (Å²) in [5, 5.41) is 11.0. The summed E-state index contributed by atoms with van der Waals surface area (Å²) in [5.41, 5.74) is 1.40. The third-order valence-corrected chi connectivity index (χ3v) is 5.84. The lowest BCUT2D eigenvalue weighted by atomic mass is 9.78. The smallest absolute Gasteiger partial charge is 0.191 e. The number of hydrogen-bond acceptors (Lipinski definition) is 5. The molecule has 0 amide bonds. The summed E-state index contributed by atoms with van der Waals surface area (Å²) in [6, 6.07) is 6.42. The van der Waals surface area contributed by atoms with Gasteiger partial charge in [-0.15, -0.1) is 24.0 Å². The number of aromatic nitrogens is 3. The van der Waals surface area contributed by atoms with Crippen LogP contribution in [0.1, 0.15) is 44.0 Å². The molecular formula is C21H31IN6O2. The minimum Gasteiger partial charge on any atom is -0.486 e. The van der Waals surface area contributed by atoms with Gasteiger partial charge in [0.1, 0.15) is 31.9 Å². The maximum absolute atomic E-state index is 5.83. The predicted molar refractivity (Wildman–Crippen MR) is 127 cm³/mol. The molecule has 2 aromatic rings. The van der Waals surface area contributed by atoms with Crippen molar-refractivity contribution in [1.82, 2.24) is 25.4 Å². The van der Waals surface area contributed by atoms with Crippen LogP contribution in [0.25, 0.3) is 0 Å². The Morgan fingerprint density at radius 2 is 1.93 bits per heavy atom. The van der Waals surface area contributed by atoms with E-state index < -0.39 is 0 Å². The molecule has 0 atom stereocenters. The van der Waals surface area contributed by atoms with Crippen LogP contribution in [-0.2, 0) is 19.0 Å². The number of rotatable bonds is 6. The van der Waals surface area contributed by atoms with Gasteiger partial charge < -0.3 is 20.1 Å². The van der Waals surface area contributed by atoms with Gasteiger partial charge in [0.05, 0.1) is 0 Å². The Bertz CT molecular complexity index is 863. The molecule has 4 rings (SSSR count). The molecule has 1 aromatic carbocycles. The molecule has 0 spiro atoms. The lowest BCUT2D eigenvalue weighted by Crippen LogP contribution is -2.44. The van der Waals surface area contributed by atoms with Gasteiger partial charge >= 0.3 is 0 Å². The topological polar surface area (TPSA) is 85.6 Å². The Hall–Kier alpha value is -2.04. The summed E-state index contributed by atoms with van der Waals surface area (Å²) in [6.07, 6.45) is 6.34. The van der Waals surface area contributed by atoms with Crippen molar-refractivity contribution in [3.05, 3.63) is 35.9 Å². The number of aliphatic imine (C=N–C) groups is 1.